The summed E-state index contributed by atoms with van der Waals surface area (Å²) in [6.45, 7) is 6.13. The maximum atomic E-state index is 12.7. The predicted octanol–water partition coefficient (Wildman–Crippen LogP) is 3.66. The molecule has 0 atom stereocenters. The van der Waals surface area contributed by atoms with E-state index in [1.807, 2.05) is 57.2 Å². The molecule has 2 rings (SSSR count). The van der Waals surface area contributed by atoms with Crippen molar-refractivity contribution in [2.75, 3.05) is 0 Å². The fourth-order valence-corrected chi connectivity index (χ4v) is 5.01. The molecule has 1 heterocycles. The number of hydrogen-bond donors (Lipinski definition) is 0. The Kier molecular flexibility index (Phi) is 4.62. The van der Waals surface area contributed by atoms with Gasteiger partial charge in [0.1, 0.15) is 4.21 Å². The van der Waals surface area contributed by atoms with Crippen molar-refractivity contribution in [1.82, 2.24) is 4.31 Å². The van der Waals surface area contributed by atoms with Crippen LogP contribution in [-0.2, 0) is 16.6 Å². The summed E-state index contributed by atoms with van der Waals surface area (Å²) < 4.78 is 27.4. The summed E-state index contributed by atoms with van der Waals surface area (Å²) in [5, 5.41) is 0. The highest BCUT2D eigenvalue weighted by Gasteiger charge is 2.28. The van der Waals surface area contributed by atoms with Crippen LogP contribution in [0.4, 0.5) is 0 Å². The number of rotatable bonds is 5. The van der Waals surface area contributed by atoms with Gasteiger partial charge in [0, 0.05) is 17.5 Å². The van der Waals surface area contributed by atoms with E-state index in [9.17, 15) is 8.42 Å². The fraction of sp³-hybridized carbons (Fsp3) is 0.333. The van der Waals surface area contributed by atoms with E-state index >= 15 is 0 Å². The van der Waals surface area contributed by atoms with Crippen LogP contribution in [-0.4, -0.2) is 18.8 Å². The molecular formula is C15H19NO2S2. The van der Waals surface area contributed by atoms with E-state index < -0.39 is 10.0 Å². The predicted molar refractivity (Wildman–Crippen MR) is 83.4 cm³/mol. The largest absolute Gasteiger partial charge is 0.253 e. The molecule has 1 aromatic carbocycles. The summed E-state index contributed by atoms with van der Waals surface area (Å²) in [7, 11) is -3.43. The van der Waals surface area contributed by atoms with Crippen molar-refractivity contribution < 1.29 is 8.42 Å². The van der Waals surface area contributed by atoms with E-state index in [0.717, 1.165) is 10.4 Å². The molecule has 3 nitrogen and oxygen atoms in total. The molecule has 0 radical (unpaired) electrons. The van der Waals surface area contributed by atoms with Gasteiger partial charge in [0.15, 0.2) is 0 Å². The standard InChI is InChI=1S/C15H19NO2S2/c1-12(2)16(11-14-7-5-4-6-8-14)20(17,18)15-10-9-13(3)19-15/h4-10,12H,11H2,1-3H3. The second-order valence-corrected chi connectivity index (χ2v) is 8.40. The zero-order chi connectivity index (χ0) is 14.8. The van der Waals surface area contributed by atoms with E-state index in [4.69, 9.17) is 0 Å². The van der Waals surface area contributed by atoms with Gasteiger partial charge < -0.3 is 0 Å². The minimum atomic E-state index is -3.43. The summed E-state index contributed by atoms with van der Waals surface area (Å²) in [6.07, 6.45) is 0. The number of nitrogens with zero attached hydrogens (tertiary/aromatic N) is 1. The molecule has 0 aliphatic rings. The van der Waals surface area contributed by atoms with Gasteiger partial charge in [-0.15, -0.1) is 11.3 Å². The molecule has 5 heteroatoms. The highest BCUT2D eigenvalue weighted by molar-refractivity contribution is 7.91. The van der Waals surface area contributed by atoms with Crippen LogP contribution in [0.3, 0.4) is 0 Å². The summed E-state index contributed by atoms with van der Waals surface area (Å²) >= 11 is 1.32. The molecule has 0 aliphatic carbocycles. The lowest BCUT2D eigenvalue weighted by molar-refractivity contribution is 0.349. The normalized spacial score (nSPS) is 12.2. The average Bonchev–Trinajstić information content (AvgIpc) is 2.84. The number of aryl methyl sites for hydroxylation is 1. The van der Waals surface area contributed by atoms with Gasteiger partial charge in [-0.25, -0.2) is 8.42 Å². The van der Waals surface area contributed by atoms with E-state index in [0.29, 0.717) is 10.8 Å². The second-order valence-electron chi connectivity index (χ2n) is 4.99. The van der Waals surface area contributed by atoms with Crippen molar-refractivity contribution in [3.8, 4) is 0 Å². The zero-order valence-corrected chi connectivity index (χ0v) is 13.5. The zero-order valence-electron chi connectivity index (χ0n) is 11.9. The number of hydrogen-bond acceptors (Lipinski definition) is 3. The Hall–Kier alpha value is -1.17. The number of thiophene rings is 1. The minimum Gasteiger partial charge on any atom is -0.206 e. The topological polar surface area (TPSA) is 37.4 Å². The first-order valence-corrected chi connectivity index (χ1v) is 8.79. The Labute approximate surface area is 124 Å². The summed E-state index contributed by atoms with van der Waals surface area (Å²) in [6, 6.07) is 13.1. The van der Waals surface area contributed by atoms with Crippen LogP contribution in [0.2, 0.25) is 0 Å². The quantitative estimate of drug-likeness (QED) is 0.845. The van der Waals surface area contributed by atoms with Gasteiger partial charge in [-0.3, -0.25) is 0 Å². The van der Waals surface area contributed by atoms with E-state index in [2.05, 4.69) is 0 Å². The van der Waals surface area contributed by atoms with Crippen LogP contribution >= 0.6 is 11.3 Å². The fourth-order valence-electron chi connectivity index (χ4n) is 1.97. The van der Waals surface area contributed by atoms with Crippen LogP contribution in [0.5, 0.6) is 0 Å². The second kappa shape index (κ2) is 6.08. The van der Waals surface area contributed by atoms with Crippen LogP contribution in [0, 0.1) is 6.92 Å². The Morgan fingerprint density at radius 2 is 1.75 bits per heavy atom. The first-order chi connectivity index (χ1) is 9.41. The van der Waals surface area contributed by atoms with Crippen molar-refractivity contribution in [3.05, 3.63) is 52.9 Å². The summed E-state index contributed by atoms with van der Waals surface area (Å²) in [5.41, 5.74) is 0.998. The Balaban J connectivity index is 2.33. The van der Waals surface area contributed by atoms with Gasteiger partial charge >= 0.3 is 0 Å². The maximum Gasteiger partial charge on any atom is 0.253 e. The molecule has 20 heavy (non-hydrogen) atoms. The van der Waals surface area contributed by atoms with Crippen LogP contribution in [0.15, 0.2) is 46.7 Å². The van der Waals surface area contributed by atoms with Gasteiger partial charge in [0.25, 0.3) is 10.0 Å². The molecule has 0 spiro atoms. The first kappa shape index (κ1) is 15.2. The van der Waals surface area contributed by atoms with Crippen molar-refractivity contribution >= 4 is 21.4 Å². The van der Waals surface area contributed by atoms with E-state index in [1.54, 1.807) is 10.4 Å². The molecule has 0 saturated carbocycles. The molecule has 2 aromatic rings. The summed E-state index contributed by atoms with van der Waals surface area (Å²) in [5.74, 6) is 0. The lowest BCUT2D eigenvalue weighted by Gasteiger charge is -2.25. The van der Waals surface area contributed by atoms with Crippen molar-refractivity contribution in [2.45, 2.75) is 37.6 Å². The van der Waals surface area contributed by atoms with Crippen molar-refractivity contribution in [3.63, 3.8) is 0 Å². The monoisotopic (exact) mass is 309 g/mol. The maximum absolute atomic E-state index is 12.7. The molecule has 0 N–H and O–H groups in total. The van der Waals surface area contributed by atoms with E-state index in [-0.39, 0.29) is 6.04 Å². The first-order valence-electron chi connectivity index (χ1n) is 6.53. The van der Waals surface area contributed by atoms with Crippen molar-refractivity contribution in [2.24, 2.45) is 0 Å². The molecule has 0 saturated heterocycles. The van der Waals surface area contributed by atoms with Gasteiger partial charge in [-0.05, 0) is 38.5 Å². The highest BCUT2D eigenvalue weighted by Crippen LogP contribution is 2.26. The van der Waals surface area contributed by atoms with E-state index in [1.165, 1.54) is 11.3 Å². The molecule has 0 aliphatic heterocycles. The van der Waals surface area contributed by atoms with Crippen LogP contribution < -0.4 is 0 Å². The minimum absolute atomic E-state index is 0.0809. The molecule has 0 bridgehead atoms. The molecule has 0 fully saturated rings. The lowest BCUT2D eigenvalue weighted by Crippen LogP contribution is -2.35. The van der Waals surface area contributed by atoms with Crippen LogP contribution in [0.25, 0.3) is 0 Å². The third-order valence-electron chi connectivity index (χ3n) is 3.04. The SMILES string of the molecule is Cc1ccc(S(=O)(=O)N(Cc2ccccc2)C(C)C)s1. The van der Waals surface area contributed by atoms with Gasteiger partial charge in [-0.2, -0.15) is 4.31 Å². The molecule has 0 amide bonds. The number of benzene rings is 1. The average molecular weight is 309 g/mol. The van der Waals surface area contributed by atoms with Crippen LogP contribution in [0.1, 0.15) is 24.3 Å². The Morgan fingerprint density at radius 3 is 2.25 bits per heavy atom. The summed E-state index contributed by atoms with van der Waals surface area (Å²) in [4.78, 5) is 1.01. The third-order valence-corrected chi connectivity index (χ3v) is 6.53. The molecular weight excluding hydrogens is 290 g/mol. The van der Waals surface area contributed by atoms with Gasteiger partial charge in [-0.1, -0.05) is 30.3 Å². The highest BCUT2D eigenvalue weighted by atomic mass is 32.2. The molecule has 1 aromatic heterocycles. The molecule has 108 valence electrons. The Morgan fingerprint density at radius 1 is 1.10 bits per heavy atom. The smallest absolute Gasteiger partial charge is 0.206 e. The Bertz CT molecular complexity index is 660. The van der Waals surface area contributed by atoms with Gasteiger partial charge in [0.2, 0.25) is 0 Å². The third kappa shape index (κ3) is 3.29. The number of sulfonamides is 1. The van der Waals surface area contributed by atoms with Crippen molar-refractivity contribution in [1.29, 1.82) is 0 Å². The lowest BCUT2D eigenvalue weighted by atomic mass is 10.2. The molecule has 0 unspecified atom stereocenters. The van der Waals surface area contributed by atoms with Gasteiger partial charge in [0.05, 0.1) is 0 Å².